The van der Waals surface area contributed by atoms with Crippen molar-refractivity contribution in [1.82, 2.24) is 0 Å². The maximum Gasteiger partial charge on any atom is 0.311 e. The molecule has 0 aromatic carbocycles. The van der Waals surface area contributed by atoms with Crippen LogP contribution in [-0.4, -0.2) is 40.0 Å². The SMILES string of the molecule is CC(C)(C)O[Si](C)(C)C(C)(C)O[Si](C)(C)CCCOC(=O)C(C)(C)C. The molecule has 0 radical (unpaired) electrons. The second-order valence-electron chi connectivity index (χ2n) is 10.6. The number of carbonyl (C=O) groups excluding carboxylic acids is 1. The van der Waals surface area contributed by atoms with E-state index in [2.05, 4.69) is 60.8 Å². The van der Waals surface area contributed by atoms with Crippen molar-refractivity contribution in [2.75, 3.05) is 6.61 Å². The summed E-state index contributed by atoms with van der Waals surface area (Å²) in [7, 11) is -3.92. The molecule has 0 fully saturated rings. The normalized spacial score (nSPS) is 14.6. The van der Waals surface area contributed by atoms with E-state index in [1.54, 1.807) is 0 Å². The standard InChI is InChI=1S/C19H42O4Si2/c1-17(2,3)16(20)21-14-13-15-24(9,10)23-19(7,8)25(11,12)22-18(4,5)6/h13-15H2,1-12H3. The molecule has 0 aliphatic carbocycles. The van der Waals surface area contributed by atoms with Crippen molar-refractivity contribution >= 4 is 22.6 Å². The highest BCUT2D eigenvalue weighted by Crippen LogP contribution is 2.33. The maximum absolute atomic E-state index is 11.8. The van der Waals surface area contributed by atoms with Crippen molar-refractivity contribution in [2.45, 2.75) is 105 Å². The van der Waals surface area contributed by atoms with Crippen molar-refractivity contribution in [3.8, 4) is 0 Å². The smallest absolute Gasteiger partial charge is 0.311 e. The first-order valence-electron chi connectivity index (χ1n) is 9.37. The molecule has 0 aliphatic heterocycles. The maximum atomic E-state index is 11.8. The fourth-order valence-corrected chi connectivity index (χ4v) is 8.70. The monoisotopic (exact) mass is 390 g/mol. The molecule has 150 valence electrons. The molecule has 0 amide bonds. The van der Waals surface area contributed by atoms with Crippen molar-refractivity contribution < 1.29 is 18.4 Å². The van der Waals surface area contributed by atoms with Gasteiger partial charge in [0.05, 0.1) is 17.2 Å². The van der Waals surface area contributed by atoms with E-state index < -0.39 is 22.0 Å². The lowest BCUT2D eigenvalue weighted by Gasteiger charge is -2.46. The highest BCUT2D eigenvalue weighted by molar-refractivity contribution is 6.77. The third kappa shape index (κ3) is 9.36. The van der Waals surface area contributed by atoms with Crippen LogP contribution in [0.5, 0.6) is 0 Å². The summed E-state index contributed by atoms with van der Waals surface area (Å²) in [6.07, 6.45) is 0.846. The van der Waals surface area contributed by atoms with Crippen LogP contribution in [0.2, 0.25) is 32.2 Å². The average molecular weight is 391 g/mol. The van der Waals surface area contributed by atoms with E-state index in [0.29, 0.717) is 6.61 Å². The first-order valence-corrected chi connectivity index (χ1v) is 15.4. The molecule has 0 aromatic rings. The minimum absolute atomic E-state index is 0.139. The van der Waals surface area contributed by atoms with Gasteiger partial charge in [-0.05, 0) is 94.0 Å². The molecule has 0 atom stereocenters. The summed E-state index contributed by atoms with van der Waals surface area (Å²) in [5, 5.41) is -0.266. The first kappa shape index (κ1) is 24.8. The summed E-state index contributed by atoms with van der Waals surface area (Å²) in [5.74, 6) is -0.139. The van der Waals surface area contributed by atoms with Crippen LogP contribution >= 0.6 is 0 Å². The van der Waals surface area contributed by atoms with Crippen LogP contribution in [-0.2, 0) is 18.4 Å². The van der Waals surface area contributed by atoms with Crippen molar-refractivity contribution in [2.24, 2.45) is 5.41 Å². The molecule has 0 rings (SSSR count). The minimum atomic E-state index is -2.04. The number of carbonyl (C=O) groups is 1. The molecule has 0 heterocycles. The quantitative estimate of drug-likeness (QED) is 0.311. The lowest BCUT2D eigenvalue weighted by atomic mass is 9.97. The van der Waals surface area contributed by atoms with Gasteiger partial charge in [0.2, 0.25) is 8.32 Å². The molecule has 0 saturated heterocycles. The van der Waals surface area contributed by atoms with Crippen LogP contribution in [0.25, 0.3) is 0 Å². The number of hydrogen-bond donors (Lipinski definition) is 0. The van der Waals surface area contributed by atoms with Gasteiger partial charge >= 0.3 is 5.97 Å². The summed E-state index contributed by atoms with van der Waals surface area (Å²) >= 11 is 0. The van der Waals surface area contributed by atoms with Gasteiger partial charge in [-0.15, -0.1) is 0 Å². The summed E-state index contributed by atoms with van der Waals surface area (Å²) < 4.78 is 18.4. The molecule has 0 aromatic heterocycles. The molecule has 6 heteroatoms. The molecule has 0 N–H and O–H groups in total. The second-order valence-corrected chi connectivity index (χ2v) is 19.2. The Kier molecular flexibility index (Phi) is 8.18. The minimum Gasteiger partial charge on any atom is -0.465 e. The Morgan fingerprint density at radius 2 is 1.32 bits per heavy atom. The Labute approximate surface area is 158 Å². The van der Waals surface area contributed by atoms with Crippen LogP contribution in [0.1, 0.15) is 61.8 Å². The summed E-state index contributed by atoms with van der Waals surface area (Å²) in [6, 6.07) is 0.966. The van der Waals surface area contributed by atoms with Crippen molar-refractivity contribution in [1.29, 1.82) is 0 Å². The van der Waals surface area contributed by atoms with E-state index in [1.165, 1.54) is 0 Å². The van der Waals surface area contributed by atoms with Gasteiger partial charge in [0.25, 0.3) is 0 Å². The van der Waals surface area contributed by atoms with Crippen LogP contribution in [0.4, 0.5) is 0 Å². The van der Waals surface area contributed by atoms with E-state index in [0.717, 1.165) is 12.5 Å². The first-order chi connectivity index (χ1) is 10.8. The lowest BCUT2D eigenvalue weighted by Crippen LogP contribution is -2.60. The third-order valence-electron chi connectivity index (χ3n) is 4.31. The highest BCUT2D eigenvalue weighted by Gasteiger charge is 2.47. The Bertz CT molecular complexity index is 443. The Morgan fingerprint density at radius 3 is 1.72 bits per heavy atom. The van der Waals surface area contributed by atoms with Gasteiger partial charge in [-0.1, -0.05) is 0 Å². The van der Waals surface area contributed by atoms with E-state index in [4.69, 9.17) is 13.6 Å². The Balaban J connectivity index is 4.66. The van der Waals surface area contributed by atoms with Gasteiger partial charge in [-0.3, -0.25) is 4.79 Å². The molecule has 0 spiro atoms. The fraction of sp³-hybridized carbons (Fsp3) is 0.947. The van der Waals surface area contributed by atoms with Crippen molar-refractivity contribution in [3.05, 3.63) is 0 Å². The second kappa shape index (κ2) is 8.23. The Morgan fingerprint density at radius 1 is 0.840 bits per heavy atom. The third-order valence-corrected chi connectivity index (χ3v) is 11.3. The summed E-state index contributed by atoms with van der Waals surface area (Å²) in [6.45, 7) is 25.7. The zero-order chi connectivity index (χ0) is 20.3. The van der Waals surface area contributed by atoms with Crippen molar-refractivity contribution in [3.63, 3.8) is 0 Å². The fourth-order valence-electron chi connectivity index (χ4n) is 2.63. The van der Waals surface area contributed by atoms with E-state index in [1.807, 2.05) is 20.8 Å². The largest absolute Gasteiger partial charge is 0.465 e. The van der Waals surface area contributed by atoms with Gasteiger partial charge in [0.1, 0.15) is 0 Å². The number of rotatable bonds is 8. The zero-order valence-corrected chi connectivity index (χ0v) is 20.8. The van der Waals surface area contributed by atoms with Crippen LogP contribution < -0.4 is 0 Å². The number of ether oxygens (including phenoxy) is 1. The molecular weight excluding hydrogens is 348 g/mol. The molecular formula is C19H42O4Si2. The lowest BCUT2D eigenvalue weighted by molar-refractivity contribution is -0.152. The van der Waals surface area contributed by atoms with Gasteiger partial charge in [0, 0.05) is 5.60 Å². The molecule has 4 nitrogen and oxygen atoms in total. The predicted molar refractivity (Wildman–Crippen MR) is 111 cm³/mol. The molecule has 25 heavy (non-hydrogen) atoms. The van der Waals surface area contributed by atoms with Crippen LogP contribution in [0.15, 0.2) is 0 Å². The summed E-state index contributed by atoms with van der Waals surface area (Å²) in [4.78, 5) is 11.8. The van der Waals surface area contributed by atoms with Crippen LogP contribution in [0, 0.1) is 5.41 Å². The summed E-state index contributed by atoms with van der Waals surface area (Å²) in [5.41, 5.74) is -0.603. The van der Waals surface area contributed by atoms with Gasteiger partial charge < -0.3 is 13.6 Å². The van der Waals surface area contributed by atoms with E-state index in [9.17, 15) is 4.79 Å². The molecule has 0 unspecified atom stereocenters. The predicted octanol–water partition coefficient (Wildman–Crippen LogP) is 5.53. The highest BCUT2D eigenvalue weighted by atomic mass is 28.4. The molecule has 0 saturated carbocycles. The van der Waals surface area contributed by atoms with Gasteiger partial charge in [0.15, 0.2) is 8.32 Å². The Hall–Kier alpha value is -0.176. The van der Waals surface area contributed by atoms with Crippen LogP contribution in [0.3, 0.4) is 0 Å². The number of esters is 1. The topological polar surface area (TPSA) is 44.8 Å². The zero-order valence-electron chi connectivity index (χ0n) is 18.8. The molecule has 0 aliphatic rings. The van der Waals surface area contributed by atoms with Gasteiger partial charge in [-0.2, -0.15) is 0 Å². The van der Waals surface area contributed by atoms with E-state index in [-0.39, 0.29) is 16.8 Å². The van der Waals surface area contributed by atoms with Gasteiger partial charge in [-0.25, -0.2) is 0 Å². The number of hydrogen-bond acceptors (Lipinski definition) is 4. The molecule has 0 bridgehead atoms. The average Bonchev–Trinajstić information content (AvgIpc) is 2.28. The van der Waals surface area contributed by atoms with E-state index >= 15 is 0 Å².